The highest BCUT2D eigenvalue weighted by atomic mass is 127. The normalized spacial score (nSPS) is 8.59. The first-order valence-corrected chi connectivity index (χ1v) is 14.9. The number of aliphatic hydroxyl groups excluding tert-OH is 2. The predicted octanol–water partition coefficient (Wildman–Crippen LogP) is 8.84. The van der Waals surface area contributed by atoms with E-state index in [0.717, 1.165) is 37.4 Å². The van der Waals surface area contributed by atoms with Gasteiger partial charge in [0.25, 0.3) is 0 Å². The van der Waals surface area contributed by atoms with E-state index in [1.54, 1.807) is 0 Å². The Balaban J connectivity index is 0.000000490. The van der Waals surface area contributed by atoms with E-state index in [-0.39, 0.29) is 13.2 Å². The van der Waals surface area contributed by atoms with E-state index >= 15 is 0 Å². The smallest absolute Gasteiger partial charge is 0.0540 e. The zero-order chi connectivity index (χ0) is 27.7. The zero-order valence-corrected chi connectivity index (χ0v) is 27.6. The molecule has 3 aromatic carbocycles. The van der Waals surface area contributed by atoms with E-state index < -0.39 is 0 Å². The summed E-state index contributed by atoms with van der Waals surface area (Å²) in [6.07, 6.45) is 7.85. The average molecular weight is 801 g/mol. The van der Waals surface area contributed by atoms with Crippen LogP contribution in [-0.4, -0.2) is 23.4 Å². The van der Waals surface area contributed by atoms with Crippen LogP contribution < -0.4 is 0 Å². The van der Waals surface area contributed by atoms with Crippen molar-refractivity contribution in [1.82, 2.24) is 0 Å². The Morgan fingerprint density at radius 2 is 1.03 bits per heavy atom. The van der Waals surface area contributed by atoms with Crippen LogP contribution in [0.1, 0.15) is 43.7 Å². The van der Waals surface area contributed by atoms with Gasteiger partial charge < -0.3 is 10.2 Å². The van der Waals surface area contributed by atoms with Gasteiger partial charge in [0.1, 0.15) is 0 Å². The number of aliphatic hydroxyl groups is 2. The minimum Gasteiger partial charge on any atom is -0.395 e. The molecule has 2 N–H and O–H groups in total. The summed E-state index contributed by atoms with van der Waals surface area (Å²) in [6.45, 7) is 2.37. The molecule has 0 fully saturated rings. The lowest BCUT2D eigenvalue weighted by molar-refractivity contribution is 0.304. The molecular formula is C31H30Br3IO2. The van der Waals surface area contributed by atoms with Gasteiger partial charge in [0, 0.05) is 47.4 Å². The number of halogens is 4. The highest BCUT2D eigenvalue weighted by Gasteiger charge is 1.87. The quantitative estimate of drug-likeness (QED) is 0.206. The van der Waals surface area contributed by atoms with Crippen molar-refractivity contribution in [2.75, 3.05) is 13.2 Å². The van der Waals surface area contributed by atoms with Gasteiger partial charge in [-0.05, 0) is 102 Å². The number of unbranched alkanes of at least 4 members (excludes halogenated alkanes) is 1. The maximum absolute atomic E-state index is 8.48. The van der Waals surface area contributed by atoms with Crippen molar-refractivity contribution in [3.8, 4) is 36.0 Å². The van der Waals surface area contributed by atoms with Crippen LogP contribution in [0.4, 0.5) is 0 Å². The van der Waals surface area contributed by atoms with E-state index in [0.29, 0.717) is 12.8 Å². The molecule has 0 aliphatic rings. The van der Waals surface area contributed by atoms with Gasteiger partial charge in [-0.2, -0.15) is 0 Å². The monoisotopic (exact) mass is 798 g/mol. The van der Waals surface area contributed by atoms with Gasteiger partial charge in [0.2, 0.25) is 0 Å². The van der Waals surface area contributed by atoms with Crippen molar-refractivity contribution < 1.29 is 10.2 Å². The van der Waals surface area contributed by atoms with Gasteiger partial charge in [0.05, 0.1) is 13.2 Å². The summed E-state index contributed by atoms with van der Waals surface area (Å²) in [5.74, 6) is 14.3. The molecule has 0 saturated heterocycles. The highest BCUT2D eigenvalue weighted by molar-refractivity contribution is 14.1. The zero-order valence-electron chi connectivity index (χ0n) is 20.7. The van der Waals surface area contributed by atoms with Crippen LogP contribution in [-0.2, 0) is 0 Å². The van der Waals surface area contributed by atoms with Gasteiger partial charge in [0.15, 0.2) is 0 Å². The molecule has 0 saturated carbocycles. The van der Waals surface area contributed by atoms with E-state index in [9.17, 15) is 0 Å². The lowest BCUT2D eigenvalue weighted by atomic mass is 10.2. The molecule has 2 nitrogen and oxygen atoms in total. The average Bonchev–Trinajstić information content (AvgIpc) is 2.90. The molecule has 6 heteroatoms. The fourth-order valence-electron chi connectivity index (χ4n) is 2.07. The molecule has 0 aliphatic heterocycles. The maximum Gasteiger partial charge on any atom is 0.0540 e. The Hall–Kier alpha value is -1.57. The van der Waals surface area contributed by atoms with Gasteiger partial charge >= 0.3 is 0 Å². The summed E-state index contributed by atoms with van der Waals surface area (Å²) < 4.78 is 4.56. The second kappa shape index (κ2) is 24.7. The molecule has 194 valence electrons. The molecular weight excluding hydrogens is 771 g/mol. The SMILES string of the molecule is Brc1ccc(I)cc1.C#CCCO.CCCC#Cc1ccc(Br)cc1.OCCC#Cc1ccc(Br)cc1. The number of benzene rings is 3. The van der Waals surface area contributed by atoms with Gasteiger partial charge in [-0.15, -0.1) is 12.3 Å². The number of hydrogen-bond donors (Lipinski definition) is 2. The van der Waals surface area contributed by atoms with Gasteiger partial charge in [-0.3, -0.25) is 0 Å². The molecule has 0 radical (unpaired) electrons. The summed E-state index contributed by atoms with van der Waals surface area (Å²) in [5, 5.41) is 16.4. The second-order valence-electron chi connectivity index (χ2n) is 6.96. The summed E-state index contributed by atoms with van der Waals surface area (Å²) in [5.41, 5.74) is 2.07. The summed E-state index contributed by atoms with van der Waals surface area (Å²) >= 11 is 12.3. The van der Waals surface area contributed by atoms with Gasteiger partial charge in [-0.25, -0.2) is 0 Å². The van der Waals surface area contributed by atoms with Crippen molar-refractivity contribution in [3.05, 3.63) is 101 Å². The third-order valence-corrected chi connectivity index (χ3v) is 6.13. The van der Waals surface area contributed by atoms with Crippen LogP contribution in [0.3, 0.4) is 0 Å². The maximum atomic E-state index is 8.48. The first kappa shape index (κ1) is 35.4. The van der Waals surface area contributed by atoms with Crippen molar-refractivity contribution >= 4 is 70.4 Å². The Labute approximate surface area is 261 Å². The molecule has 0 aliphatic carbocycles. The van der Waals surface area contributed by atoms with Crippen LogP contribution in [0, 0.1) is 39.6 Å². The predicted molar refractivity (Wildman–Crippen MR) is 176 cm³/mol. The standard InChI is InChI=1S/C11H11Br.C10H9BrO.C6H4BrI.C4H6O/c1-2-3-4-5-10-6-8-11(12)9-7-10;11-10-6-4-9(5-7-10)3-1-2-8-12;7-5-1-3-6(8)4-2-5;1-2-3-4-5/h6-9H,2-3H2,1H3;4-7,12H,2,8H2;1-4H;1,5H,3-4H2. The second-order valence-corrected chi connectivity index (χ2v) is 10.9. The fourth-order valence-corrected chi connectivity index (χ4v) is 3.22. The molecule has 0 heterocycles. The molecule has 0 spiro atoms. The third-order valence-electron chi connectivity index (χ3n) is 3.83. The minimum atomic E-state index is 0.108. The Kier molecular flexibility index (Phi) is 23.7. The van der Waals surface area contributed by atoms with E-state index in [1.807, 2.05) is 60.7 Å². The van der Waals surface area contributed by atoms with Crippen LogP contribution in [0.2, 0.25) is 0 Å². The molecule has 3 rings (SSSR count). The molecule has 3 aromatic rings. The highest BCUT2D eigenvalue weighted by Crippen LogP contribution is 2.11. The molecule has 0 atom stereocenters. The molecule has 37 heavy (non-hydrogen) atoms. The van der Waals surface area contributed by atoms with Crippen LogP contribution >= 0.6 is 70.4 Å². The first-order valence-electron chi connectivity index (χ1n) is 11.4. The molecule has 0 amide bonds. The fraction of sp³-hybridized carbons (Fsp3) is 0.226. The largest absolute Gasteiger partial charge is 0.395 e. The summed E-state index contributed by atoms with van der Waals surface area (Å²) in [7, 11) is 0. The Bertz CT molecular complexity index is 1060. The Morgan fingerprint density at radius 1 is 0.649 bits per heavy atom. The number of terminal acetylenes is 1. The van der Waals surface area contributed by atoms with Crippen molar-refractivity contribution in [2.24, 2.45) is 0 Å². The molecule has 0 aromatic heterocycles. The Morgan fingerprint density at radius 3 is 1.32 bits per heavy atom. The summed E-state index contributed by atoms with van der Waals surface area (Å²) in [6, 6.07) is 24.0. The van der Waals surface area contributed by atoms with E-state index in [2.05, 4.69) is 119 Å². The van der Waals surface area contributed by atoms with E-state index in [4.69, 9.17) is 16.6 Å². The molecule has 0 bridgehead atoms. The third kappa shape index (κ3) is 22.2. The van der Waals surface area contributed by atoms with E-state index in [1.165, 1.54) is 3.57 Å². The van der Waals surface area contributed by atoms with Crippen molar-refractivity contribution in [3.63, 3.8) is 0 Å². The van der Waals surface area contributed by atoms with Crippen LogP contribution in [0.25, 0.3) is 0 Å². The van der Waals surface area contributed by atoms with Gasteiger partial charge in [-0.1, -0.05) is 78.4 Å². The van der Waals surface area contributed by atoms with Crippen LogP contribution in [0.5, 0.6) is 0 Å². The molecule has 0 unspecified atom stereocenters. The summed E-state index contributed by atoms with van der Waals surface area (Å²) in [4.78, 5) is 0. The lowest BCUT2D eigenvalue weighted by Gasteiger charge is -1.89. The van der Waals surface area contributed by atoms with Crippen LogP contribution in [0.15, 0.2) is 86.2 Å². The minimum absolute atomic E-state index is 0.108. The van der Waals surface area contributed by atoms with Crippen molar-refractivity contribution in [1.29, 1.82) is 0 Å². The first-order chi connectivity index (χ1) is 17.9. The number of hydrogen-bond acceptors (Lipinski definition) is 2. The topological polar surface area (TPSA) is 40.5 Å². The van der Waals surface area contributed by atoms with Crippen molar-refractivity contribution in [2.45, 2.75) is 32.6 Å². The number of rotatable bonds is 3. The lowest BCUT2D eigenvalue weighted by Crippen LogP contribution is -1.77.